The first-order valence-corrected chi connectivity index (χ1v) is 14.4. The van der Waals surface area contributed by atoms with Crippen LogP contribution in [0.2, 0.25) is 5.02 Å². The van der Waals surface area contributed by atoms with E-state index < -0.39 is 5.60 Å². The van der Waals surface area contributed by atoms with E-state index in [0.29, 0.717) is 18.7 Å². The zero-order valence-electron chi connectivity index (χ0n) is 23.5. The third-order valence-corrected chi connectivity index (χ3v) is 8.22. The molecule has 0 spiro atoms. The Bertz CT molecular complexity index is 1310. The maximum Gasteiger partial charge on any atom is 0.131 e. The SMILES string of the molecule is CC(C)N(Cc1ccc(Cl)cc1)[C@@H]1CCN(CC/C=C2/c3cc(C(C)(C)O)ccc3OCc3ncccc32)C1. The number of aliphatic hydroxyl groups is 1. The standard InChI is InChI=1S/C33H40ClN3O2/c1-23(2)37(20-24-9-12-26(34)13-10-24)27-15-18-36(21-27)17-6-8-28-29-7-5-16-35-31(29)22-39-32-14-11-25(19-30(28)32)33(3,4)38/h5,7-14,16,19,23,27,38H,6,15,17-18,20-22H2,1-4H3/b28-8+/t27-/m1/s1. The van der Waals surface area contributed by atoms with Crippen molar-refractivity contribution in [3.63, 3.8) is 0 Å². The summed E-state index contributed by atoms with van der Waals surface area (Å²) in [6.07, 6.45) is 6.28. The summed E-state index contributed by atoms with van der Waals surface area (Å²) in [4.78, 5) is 9.83. The van der Waals surface area contributed by atoms with E-state index in [0.717, 1.165) is 71.3 Å². The van der Waals surface area contributed by atoms with Gasteiger partial charge in [-0.25, -0.2) is 0 Å². The molecule has 6 heteroatoms. The Morgan fingerprint density at radius 2 is 1.95 bits per heavy atom. The number of likely N-dealkylation sites (tertiary alicyclic amines) is 1. The number of ether oxygens (including phenoxy) is 1. The number of aromatic nitrogens is 1. The van der Waals surface area contributed by atoms with Crippen molar-refractivity contribution < 1.29 is 9.84 Å². The minimum Gasteiger partial charge on any atom is -0.487 e. The van der Waals surface area contributed by atoms with Crippen molar-refractivity contribution in [3.8, 4) is 5.75 Å². The fourth-order valence-corrected chi connectivity index (χ4v) is 5.89. The average Bonchev–Trinajstić information content (AvgIpc) is 3.31. The number of benzene rings is 2. The normalized spacial score (nSPS) is 18.8. The predicted octanol–water partition coefficient (Wildman–Crippen LogP) is 6.66. The zero-order chi connectivity index (χ0) is 27.6. The number of hydrogen-bond donors (Lipinski definition) is 1. The van der Waals surface area contributed by atoms with Gasteiger partial charge >= 0.3 is 0 Å². The van der Waals surface area contributed by atoms with Gasteiger partial charge in [-0.05, 0) is 94.1 Å². The maximum absolute atomic E-state index is 10.7. The van der Waals surface area contributed by atoms with Gasteiger partial charge in [-0.1, -0.05) is 41.9 Å². The third kappa shape index (κ3) is 6.55. The largest absolute Gasteiger partial charge is 0.487 e. The highest BCUT2D eigenvalue weighted by Crippen LogP contribution is 2.38. The highest BCUT2D eigenvalue weighted by Gasteiger charge is 2.29. The predicted molar refractivity (Wildman–Crippen MR) is 159 cm³/mol. The van der Waals surface area contributed by atoms with Gasteiger partial charge in [0.2, 0.25) is 0 Å². The van der Waals surface area contributed by atoms with Crippen LogP contribution in [0.15, 0.2) is 66.9 Å². The second kappa shape index (κ2) is 11.8. The van der Waals surface area contributed by atoms with E-state index in [1.54, 1.807) is 0 Å². The van der Waals surface area contributed by atoms with E-state index >= 15 is 0 Å². The molecule has 0 unspecified atom stereocenters. The Labute approximate surface area is 238 Å². The Hall–Kier alpha value is -2.70. The monoisotopic (exact) mass is 545 g/mol. The van der Waals surface area contributed by atoms with Gasteiger partial charge in [-0.2, -0.15) is 0 Å². The number of halogens is 1. The van der Waals surface area contributed by atoms with Crippen LogP contribution in [-0.4, -0.2) is 51.6 Å². The third-order valence-electron chi connectivity index (χ3n) is 7.97. The van der Waals surface area contributed by atoms with Gasteiger partial charge in [-0.15, -0.1) is 0 Å². The summed E-state index contributed by atoms with van der Waals surface area (Å²) in [5.74, 6) is 0.836. The topological polar surface area (TPSA) is 48.8 Å². The molecule has 0 saturated carbocycles. The lowest BCUT2D eigenvalue weighted by Gasteiger charge is -2.33. The summed E-state index contributed by atoms with van der Waals surface area (Å²) in [5.41, 5.74) is 5.47. The summed E-state index contributed by atoms with van der Waals surface area (Å²) in [7, 11) is 0. The molecule has 1 atom stereocenters. The van der Waals surface area contributed by atoms with E-state index in [1.165, 1.54) is 12.0 Å². The summed E-state index contributed by atoms with van der Waals surface area (Å²) in [6.45, 7) is 12.8. The lowest BCUT2D eigenvalue weighted by atomic mass is 9.90. The first-order chi connectivity index (χ1) is 18.7. The van der Waals surface area contributed by atoms with Gasteiger partial charge in [0.05, 0.1) is 11.3 Å². The van der Waals surface area contributed by atoms with Crippen molar-refractivity contribution in [2.45, 2.75) is 71.4 Å². The molecule has 0 bridgehead atoms. The highest BCUT2D eigenvalue weighted by atomic mass is 35.5. The molecule has 0 radical (unpaired) electrons. The van der Waals surface area contributed by atoms with Gasteiger partial charge < -0.3 is 14.7 Å². The van der Waals surface area contributed by atoms with E-state index in [9.17, 15) is 5.11 Å². The van der Waals surface area contributed by atoms with E-state index in [2.05, 4.69) is 59.0 Å². The molecule has 1 saturated heterocycles. The van der Waals surface area contributed by atoms with Crippen LogP contribution >= 0.6 is 11.6 Å². The van der Waals surface area contributed by atoms with Gasteiger partial charge in [0.1, 0.15) is 12.4 Å². The van der Waals surface area contributed by atoms with Crippen molar-refractivity contribution in [2.75, 3.05) is 19.6 Å². The van der Waals surface area contributed by atoms with Crippen LogP contribution in [0.4, 0.5) is 0 Å². The first-order valence-electron chi connectivity index (χ1n) is 14.1. The fourth-order valence-electron chi connectivity index (χ4n) is 5.77. The van der Waals surface area contributed by atoms with Gasteiger partial charge in [0.15, 0.2) is 0 Å². The summed E-state index contributed by atoms with van der Waals surface area (Å²) in [6, 6.07) is 19.4. The van der Waals surface area contributed by atoms with Crippen LogP contribution in [0.25, 0.3) is 5.57 Å². The molecular formula is C33H40ClN3O2. The number of fused-ring (bicyclic) bond motifs is 2. The number of pyridine rings is 1. The molecule has 206 valence electrons. The van der Waals surface area contributed by atoms with Gasteiger partial charge in [0.25, 0.3) is 0 Å². The number of rotatable bonds is 8. The van der Waals surface area contributed by atoms with E-state index in [4.69, 9.17) is 16.3 Å². The van der Waals surface area contributed by atoms with Crippen LogP contribution < -0.4 is 4.74 Å². The molecule has 1 N–H and O–H groups in total. The second-order valence-electron chi connectivity index (χ2n) is 11.6. The molecule has 2 aliphatic rings. The fraction of sp³-hybridized carbons (Fsp3) is 0.424. The number of hydrogen-bond acceptors (Lipinski definition) is 5. The Balaban J connectivity index is 1.32. The molecule has 1 aromatic heterocycles. The molecule has 0 aliphatic carbocycles. The van der Waals surface area contributed by atoms with Crippen molar-refractivity contribution in [1.82, 2.24) is 14.8 Å². The Morgan fingerprint density at radius 3 is 2.69 bits per heavy atom. The van der Waals surface area contributed by atoms with Crippen LogP contribution in [0.1, 0.15) is 68.5 Å². The van der Waals surface area contributed by atoms with Crippen molar-refractivity contribution in [3.05, 3.63) is 99.8 Å². The second-order valence-corrected chi connectivity index (χ2v) is 12.0. The van der Waals surface area contributed by atoms with Crippen LogP contribution in [0.5, 0.6) is 5.75 Å². The van der Waals surface area contributed by atoms with Crippen LogP contribution in [0.3, 0.4) is 0 Å². The molecule has 39 heavy (non-hydrogen) atoms. The lowest BCUT2D eigenvalue weighted by Crippen LogP contribution is -2.41. The highest BCUT2D eigenvalue weighted by molar-refractivity contribution is 6.30. The van der Waals surface area contributed by atoms with Crippen LogP contribution in [0, 0.1) is 0 Å². The van der Waals surface area contributed by atoms with E-state index in [1.807, 2.05) is 50.4 Å². The number of nitrogens with zero attached hydrogens (tertiary/aromatic N) is 3. The first kappa shape index (κ1) is 27.9. The molecule has 2 aromatic carbocycles. The summed E-state index contributed by atoms with van der Waals surface area (Å²) in [5, 5.41) is 11.5. The molecule has 5 nitrogen and oxygen atoms in total. The van der Waals surface area contributed by atoms with Gasteiger partial charge in [-0.3, -0.25) is 9.88 Å². The Morgan fingerprint density at radius 1 is 1.15 bits per heavy atom. The Kier molecular flexibility index (Phi) is 8.43. The molecule has 3 aromatic rings. The van der Waals surface area contributed by atoms with E-state index in [-0.39, 0.29) is 0 Å². The van der Waals surface area contributed by atoms with Crippen LogP contribution in [-0.2, 0) is 18.8 Å². The molecule has 1 fully saturated rings. The van der Waals surface area contributed by atoms with Crippen molar-refractivity contribution in [1.29, 1.82) is 0 Å². The molecule has 3 heterocycles. The lowest BCUT2D eigenvalue weighted by molar-refractivity contribution is 0.0785. The summed E-state index contributed by atoms with van der Waals surface area (Å²) < 4.78 is 6.16. The molecule has 2 aliphatic heterocycles. The van der Waals surface area contributed by atoms with Crippen molar-refractivity contribution in [2.24, 2.45) is 0 Å². The summed E-state index contributed by atoms with van der Waals surface area (Å²) >= 11 is 6.11. The zero-order valence-corrected chi connectivity index (χ0v) is 24.3. The molecular weight excluding hydrogens is 506 g/mol. The maximum atomic E-state index is 10.7. The van der Waals surface area contributed by atoms with Gasteiger partial charge in [0, 0.05) is 54.1 Å². The molecule has 5 rings (SSSR count). The minimum atomic E-state index is -0.928. The minimum absolute atomic E-state index is 0.439. The quantitative estimate of drug-likeness (QED) is 0.343. The molecule has 0 amide bonds. The van der Waals surface area contributed by atoms with Crippen molar-refractivity contribution >= 4 is 17.2 Å². The smallest absolute Gasteiger partial charge is 0.131 e. The average molecular weight is 546 g/mol.